The second-order valence-electron chi connectivity index (χ2n) is 4.68. The average Bonchev–Trinajstić information content (AvgIpc) is 2.37. The molecule has 5 heteroatoms. The van der Waals surface area contributed by atoms with E-state index in [2.05, 4.69) is 0 Å². The van der Waals surface area contributed by atoms with Gasteiger partial charge >= 0.3 is 5.97 Å². The third kappa shape index (κ3) is 2.70. The highest BCUT2D eigenvalue weighted by Gasteiger charge is 2.28. The number of nitrogens with zero attached hydrogens (tertiary/aromatic N) is 1. The lowest BCUT2D eigenvalue weighted by Gasteiger charge is -2.33. The first-order chi connectivity index (χ1) is 9.02. The highest BCUT2D eigenvalue weighted by atomic mass is 16.5. The van der Waals surface area contributed by atoms with Crippen molar-refractivity contribution in [2.24, 2.45) is 0 Å². The average molecular weight is 263 g/mol. The first-order valence-corrected chi connectivity index (χ1v) is 6.20. The molecule has 1 aromatic carbocycles. The van der Waals surface area contributed by atoms with Crippen molar-refractivity contribution in [1.29, 1.82) is 0 Å². The lowest BCUT2D eigenvalue weighted by atomic mass is 9.87. The van der Waals surface area contributed by atoms with Crippen molar-refractivity contribution < 1.29 is 19.4 Å². The fraction of sp³-hybridized carbons (Fsp3) is 0.429. The molecule has 1 N–H and O–H groups in total. The van der Waals surface area contributed by atoms with E-state index in [1.807, 2.05) is 12.1 Å². The number of fused-ring (bicyclic) bond motifs is 1. The molecule has 1 atom stereocenters. The summed E-state index contributed by atoms with van der Waals surface area (Å²) in [6, 6.07) is 5.44. The summed E-state index contributed by atoms with van der Waals surface area (Å²) in [5, 5.41) is 8.98. The van der Waals surface area contributed by atoms with Crippen LogP contribution in [0.15, 0.2) is 18.2 Å². The maximum atomic E-state index is 11.6. The first kappa shape index (κ1) is 13.4. The van der Waals surface area contributed by atoms with E-state index in [9.17, 15) is 9.59 Å². The molecule has 1 aromatic rings. The van der Waals surface area contributed by atoms with Crippen molar-refractivity contribution in [3.8, 4) is 5.75 Å². The number of rotatable bonds is 3. The van der Waals surface area contributed by atoms with E-state index in [1.165, 1.54) is 6.92 Å². The van der Waals surface area contributed by atoms with Crippen LogP contribution in [0.1, 0.15) is 31.2 Å². The molecule has 0 radical (unpaired) electrons. The predicted octanol–water partition coefficient (Wildman–Crippen LogP) is 2.01. The number of benzene rings is 1. The Morgan fingerprint density at radius 2 is 2.21 bits per heavy atom. The number of anilines is 1. The molecule has 5 nitrogen and oxygen atoms in total. The summed E-state index contributed by atoms with van der Waals surface area (Å²) < 4.78 is 5.18. The van der Waals surface area contributed by atoms with Gasteiger partial charge in [0.25, 0.3) is 0 Å². The summed E-state index contributed by atoms with van der Waals surface area (Å²) in [4.78, 5) is 24.2. The van der Waals surface area contributed by atoms with Gasteiger partial charge in [0, 0.05) is 19.2 Å². The number of ether oxygens (including phenoxy) is 1. The van der Waals surface area contributed by atoms with E-state index >= 15 is 0 Å². The molecule has 102 valence electrons. The SMILES string of the molecule is COc1ccc2c(c1)C(CC(=O)O)CCN2C(C)=O. The van der Waals surface area contributed by atoms with Crippen LogP contribution in [0.3, 0.4) is 0 Å². The van der Waals surface area contributed by atoms with Gasteiger partial charge in [-0.2, -0.15) is 0 Å². The first-order valence-electron chi connectivity index (χ1n) is 6.20. The van der Waals surface area contributed by atoms with E-state index in [0.29, 0.717) is 18.7 Å². The van der Waals surface area contributed by atoms with E-state index in [4.69, 9.17) is 9.84 Å². The zero-order valence-corrected chi connectivity index (χ0v) is 11.0. The molecule has 1 unspecified atom stereocenters. The van der Waals surface area contributed by atoms with E-state index in [-0.39, 0.29) is 18.2 Å². The van der Waals surface area contributed by atoms with Crippen molar-refractivity contribution in [3.05, 3.63) is 23.8 Å². The highest BCUT2D eigenvalue weighted by Crippen LogP contribution is 2.39. The Balaban J connectivity index is 2.43. The Bertz CT molecular complexity index is 512. The fourth-order valence-electron chi connectivity index (χ4n) is 2.54. The lowest BCUT2D eigenvalue weighted by Crippen LogP contribution is -2.35. The molecule has 0 aliphatic carbocycles. The number of carbonyl (C=O) groups is 2. The van der Waals surface area contributed by atoms with Crippen LogP contribution in [-0.2, 0) is 9.59 Å². The van der Waals surface area contributed by atoms with Gasteiger partial charge in [0.1, 0.15) is 5.75 Å². The lowest BCUT2D eigenvalue weighted by molar-refractivity contribution is -0.137. The summed E-state index contributed by atoms with van der Waals surface area (Å²) in [6.07, 6.45) is 0.734. The molecule has 0 spiro atoms. The molecule has 0 bridgehead atoms. The molecule has 0 aromatic heterocycles. The van der Waals surface area contributed by atoms with Crippen LogP contribution in [-0.4, -0.2) is 30.6 Å². The van der Waals surface area contributed by atoms with Crippen molar-refractivity contribution in [3.63, 3.8) is 0 Å². The predicted molar refractivity (Wildman–Crippen MR) is 70.6 cm³/mol. The minimum atomic E-state index is -0.824. The van der Waals surface area contributed by atoms with Crippen LogP contribution in [0, 0.1) is 0 Å². The van der Waals surface area contributed by atoms with Gasteiger partial charge in [0.05, 0.1) is 13.5 Å². The van der Waals surface area contributed by atoms with Gasteiger partial charge in [-0.1, -0.05) is 0 Å². The Morgan fingerprint density at radius 1 is 1.47 bits per heavy atom. The highest BCUT2D eigenvalue weighted by molar-refractivity contribution is 5.93. The maximum absolute atomic E-state index is 11.6. The fourth-order valence-corrected chi connectivity index (χ4v) is 2.54. The summed E-state index contributed by atoms with van der Waals surface area (Å²) in [5.41, 5.74) is 1.68. The molecule has 1 aliphatic heterocycles. The van der Waals surface area contributed by atoms with E-state index < -0.39 is 5.97 Å². The van der Waals surface area contributed by atoms with E-state index in [1.54, 1.807) is 18.1 Å². The van der Waals surface area contributed by atoms with Crippen LogP contribution in [0.5, 0.6) is 5.75 Å². The molecule has 1 aliphatic rings. The molecule has 0 saturated carbocycles. The molecule has 0 saturated heterocycles. The van der Waals surface area contributed by atoms with Crippen LogP contribution in [0.2, 0.25) is 0 Å². The Kier molecular flexibility index (Phi) is 3.74. The largest absolute Gasteiger partial charge is 0.497 e. The van der Waals surface area contributed by atoms with Crippen molar-refractivity contribution in [1.82, 2.24) is 0 Å². The minimum absolute atomic E-state index is 0.0276. The van der Waals surface area contributed by atoms with Gasteiger partial charge in [0.2, 0.25) is 5.91 Å². The number of carbonyl (C=O) groups excluding carboxylic acids is 1. The molecule has 1 heterocycles. The molecule has 1 amide bonds. The van der Waals surface area contributed by atoms with Crippen LogP contribution in [0.4, 0.5) is 5.69 Å². The normalized spacial score (nSPS) is 17.8. The number of hydrogen-bond donors (Lipinski definition) is 1. The zero-order chi connectivity index (χ0) is 14.0. The summed E-state index contributed by atoms with van der Waals surface area (Å²) in [5.74, 6) is -0.243. The number of methoxy groups -OCH3 is 1. The van der Waals surface area contributed by atoms with E-state index in [0.717, 1.165) is 11.3 Å². The summed E-state index contributed by atoms with van der Waals surface area (Å²) >= 11 is 0. The maximum Gasteiger partial charge on any atom is 0.303 e. The Hall–Kier alpha value is -2.04. The van der Waals surface area contributed by atoms with Crippen LogP contribution >= 0.6 is 0 Å². The van der Waals surface area contributed by atoms with Crippen molar-refractivity contribution in [2.75, 3.05) is 18.6 Å². The van der Waals surface area contributed by atoms with Crippen LogP contribution < -0.4 is 9.64 Å². The second kappa shape index (κ2) is 5.30. The molecule has 19 heavy (non-hydrogen) atoms. The van der Waals surface area contributed by atoms with Gasteiger partial charge in [-0.05, 0) is 36.1 Å². The third-order valence-corrected chi connectivity index (χ3v) is 3.47. The number of carboxylic acids is 1. The van der Waals surface area contributed by atoms with Gasteiger partial charge in [-0.15, -0.1) is 0 Å². The topological polar surface area (TPSA) is 66.8 Å². The van der Waals surface area contributed by atoms with Gasteiger partial charge in [-0.25, -0.2) is 0 Å². The number of amides is 1. The van der Waals surface area contributed by atoms with Crippen molar-refractivity contribution in [2.45, 2.75) is 25.7 Å². The number of hydrogen-bond acceptors (Lipinski definition) is 3. The monoisotopic (exact) mass is 263 g/mol. The molecular weight excluding hydrogens is 246 g/mol. The zero-order valence-electron chi connectivity index (χ0n) is 11.0. The van der Waals surface area contributed by atoms with Crippen LogP contribution in [0.25, 0.3) is 0 Å². The molecular formula is C14H17NO4. The smallest absolute Gasteiger partial charge is 0.303 e. The summed E-state index contributed by atoms with van der Waals surface area (Å²) in [6.45, 7) is 2.08. The van der Waals surface area contributed by atoms with Gasteiger partial charge < -0.3 is 14.7 Å². The molecule has 2 rings (SSSR count). The standard InChI is InChI=1S/C14H17NO4/c1-9(16)15-6-5-10(7-14(17)18)12-8-11(19-2)3-4-13(12)15/h3-4,8,10H,5-7H2,1-2H3,(H,17,18). The Labute approximate surface area is 111 Å². The third-order valence-electron chi connectivity index (χ3n) is 3.47. The molecule has 0 fully saturated rings. The quantitative estimate of drug-likeness (QED) is 0.905. The second-order valence-corrected chi connectivity index (χ2v) is 4.68. The van der Waals surface area contributed by atoms with Crippen molar-refractivity contribution >= 4 is 17.6 Å². The minimum Gasteiger partial charge on any atom is -0.497 e. The van der Waals surface area contributed by atoms with Gasteiger partial charge in [0.15, 0.2) is 0 Å². The number of carboxylic acid groups (broad SMARTS) is 1. The summed E-state index contributed by atoms with van der Waals surface area (Å²) in [7, 11) is 1.57. The number of aliphatic carboxylic acids is 1. The van der Waals surface area contributed by atoms with Gasteiger partial charge in [-0.3, -0.25) is 9.59 Å². The Morgan fingerprint density at radius 3 is 2.79 bits per heavy atom.